The summed E-state index contributed by atoms with van der Waals surface area (Å²) in [5.41, 5.74) is 4.55. The smallest absolute Gasteiger partial charge is 0.420 e. The third-order valence-corrected chi connectivity index (χ3v) is 7.52. The van der Waals surface area contributed by atoms with E-state index < -0.39 is 47.3 Å². The maximum absolute atomic E-state index is 14.3. The van der Waals surface area contributed by atoms with Crippen molar-refractivity contribution in [2.45, 2.75) is 65.2 Å². The molecule has 15 heteroatoms. The second-order valence-electron chi connectivity index (χ2n) is 11.3. The molecule has 0 spiro atoms. The zero-order chi connectivity index (χ0) is 34.9. The molecular formula is C32H40F3N5O7. The molecule has 3 rings (SSSR count). The number of nitrogens with two attached hydrogens (primary N) is 1. The predicted octanol–water partition coefficient (Wildman–Crippen LogP) is 4.43. The molecule has 256 valence electrons. The molecule has 0 aliphatic carbocycles. The van der Waals surface area contributed by atoms with E-state index in [9.17, 15) is 37.5 Å². The molecule has 47 heavy (non-hydrogen) atoms. The lowest BCUT2D eigenvalue weighted by molar-refractivity contribution is -0.144. The van der Waals surface area contributed by atoms with Gasteiger partial charge in [-0.15, -0.1) is 0 Å². The van der Waals surface area contributed by atoms with Gasteiger partial charge in [0.15, 0.2) is 0 Å². The first-order chi connectivity index (χ1) is 22.1. The van der Waals surface area contributed by atoms with Crippen LogP contribution >= 0.6 is 0 Å². The van der Waals surface area contributed by atoms with E-state index in [2.05, 4.69) is 5.32 Å². The standard InChI is InChI=1S/C32H40F3N5O7/c1-4-46-30(45)10-9-29(44)40(18-19(2)15-28(43)38-25-16-21(31(36)37)5-7-26(25)42)22-6-8-27(24(17-22)32(33,34)35)47-23-11-13-39(14-12-23)20(3)41/h5-8,16-17,19,23,42H,4,9-15,18H2,1-3H3,(H3,36,37)(H,38,43). The van der Waals surface area contributed by atoms with E-state index in [1.165, 1.54) is 31.2 Å². The third kappa shape index (κ3) is 10.6. The highest BCUT2D eigenvalue weighted by Crippen LogP contribution is 2.40. The Labute approximate surface area is 270 Å². The fourth-order valence-electron chi connectivity index (χ4n) is 5.10. The molecule has 0 radical (unpaired) electrons. The maximum atomic E-state index is 14.3. The molecule has 2 aromatic rings. The lowest BCUT2D eigenvalue weighted by Gasteiger charge is -2.32. The molecule has 0 bridgehead atoms. The number of halogens is 3. The van der Waals surface area contributed by atoms with Crippen LogP contribution in [-0.2, 0) is 30.1 Å². The molecule has 1 unspecified atom stereocenters. The molecule has 12 nitrogen and oxygen atoms in total. The van der Waals surface area contributed by atoms with Crippen LogP contribution in [0.4, 0.5) is 24.5 Å². The van der Waals surface area contributed by atoms with Crippen molar-refractivity contribution in [1.82, 2.24) is 4.90 Å². The van der Waals surface area contributed by atoms with Crippen LogP contribution in [-0.4, -0.2) is 71.9 Å². The van der Waals surface area contributed by atoms with Gasteiger partial charge in [0.2, 0.25) is 17.7 Å². The molecule has 3 amide bonds. The van der Waals surface area contributed by atoms with E-state index in [1.54, 1.807) is 18.7 Å². The lowest BCUT2D eigenvalue weighted by atomic mass is 10.0. The zero-order valence-corrected chi connectivity index (χ0v) is 26.5. The Morgan fingerprint density at radius 3 is 2.40 bits per heavy atom. The van der Waals surface area contributed by atoms with Gasteiger partial charge in [-0.2, -0.15) is 13.2 Å². The average Bonchev–Trinajstić information content (AvgIpc) is 2.99. The van der Waals surface area contributed by atoms with Crippen molar-refractivity contribution in [3.8, 4) is 11.5 Å². The van der Waals surface area contributed by atoms with E-state index in [0.29, 0.717) is 25.9 Å². The number of phenolic OH excluding ortho intramolecular Hbond substituents is 1. The van der Waals surface area contributed by atoms with Gasteiger partial charge in [0, 0.05) is 63.5 Å². The zero-order valence-electron chi connectivity index (χ0n) is 26.5. The van der Waals surface area contributed by atoms with Crippen molar-refractivity contribution in [2.24, 2.45) is 11.7 Å². The number of amides is 3. The molecule has 0 saturated carbocycles. The second-order valence-corrected chi connectivity index (χ2v) is 11.3. The number of benzene rings is 2. The second kappa shape index (κ2) is 16.1. The van der Waals surface area contributed by atoms with Gasteiger partial charge in [-0.3, -0.25) is 24.6 Å². The molecule has 1 heterocycles. The summed E-state index contributed by atoms with van der Waals surface area (Å²) in [7, 11) is 0. The molecule has 5 N–H and O–H groups in total. The molecule has 0 aromatic heterocycles. The normalized spacial score (nSPS) is 14.2. The summed E-state index contributed by atoms with van der Waals surface area (Å²) in [4.78, 5) is 52.5. The highest BCUT2D eigenvalue weighted by atomic mass is 19.4. The number of likely N-dealkylation sites (tertiary alicyclic amines) is 1. The Hall–Kier alpha value is -4.82. The van der Waals surface area contributed by atoms with Gasteiger partial charge in [-0.25, -0.2) is 0 Å². The Kier molecular flexibility index (Phi) is 12.6. The van der Waals surface area contributed by atoms with Crippen LogP contribution in [0.3, 0.4) is 0 Å². The van der Waals surface area contributed by atoms with Gasteiger partial charge >= 0.3 is 12.1 Å². The summed E-state index contributed by atoms with van der Waals surface area (Å²) in [6.45, 7) is 5.27. The van der Waals surface area contributed by atoms with Crippen LogP contribution in [0, 0.1) is 11.3 Å². The maximum Gasteiger partial charge on any atom is 0.420 e. The quantitative estimate of drug-likeness (QED) is 0.105. The molecule has 1 aliphatic heterocycles. The summed E-state index contributed by atoms with van der Waals surface area (Å²) < 4.78 is 53.6. The van der Waals surface area contributed by atoms with E-state index in [1.807, 2.05) is 0 Å². The van der Waals surface area contributed by atoms with Gasteiger partial charge < -0.3 is 35.4 Å². The van der Waals surface area contributed by atoms with Crippen molar-refractivity contribution in [1.29, 1.82) is 5.41 Å². The highest BCUT2D eigenvalue weighted by molar-refractivity contribution is 5.99. The summed E-state index contributed by atoms with van der Waals surface area (Å²) in [5, 5.41) is 20.2. The molecule has 2 aromatic carbocycles. The molecule has 1 fully saturated rings. The number of anilines is 2. The van der Waals surface area contributed by atoms with Crippen LogP contribution in [0.1, 0.15) is 64.0 Å². The van der Waals surface area contributed by atoms with Crippen LogP contribution < -0.4 is 20.7 Å². The first kappa shape index (κ1) is 36.6. The number of hydrogen-bond donors (Lipinski definition) is 4. The summed E-state index contributed by atoms with van der Waals surface area (Å²) >= 11 is 0. The molecule has 1 atom stereocenters. The van der Waals surface area contributed by atoms with Crippen molar-refractivity contribution in [3.63, 3.8) is 0 Å². The predicted molar refractivity (Wildman–Crippen MR) is 167 cm³/mol. The average molecular weight is 664 g/mol. The van der Waals surface area contributed by atoms with Crippen molar-refractivity contribution in [2.75, 3.05) is 36.5 Å². The number of nitrogen functional groups attached to an aromatic ring is 1. The number of amidine groups is 1. The van der Waals surface area contributed by atoms with Crippen LogP contribution in [0.2, 0.25) is 0 Å². The summed E-state index contributed by atoms with van der Waals surface area (Å²) in [5.74, 6) is -3.55. The number of carbonyl (C=O) groups is 4. The van der Waals surface area contributed by atoms with Crippen LogP contribution in [0.5, 0.6) is 11.5 Å². The van der Waals surface area contributed by atoms with Crippen LogP contribution in [0.15, 0.2) is 36.4 Å². The Balaban J connectivity index is 1.84. The van der Waals surface area contributed by atoms with E-state index in [0.717, 1.165) is 17.0 Å². The number of rotatable bonds is 13. The number of hydrogen-bond acceptors (Lipinski definition) is 8. The van der Waals surface area contributed by atoms with Gasteiger partial charge in [-0.1, -0.05) is 6.92 Å². The van der Waals surface area contributed by atoms with Crippen molar-refractivity contribution >= 4 is 40.9 Å². The lowest BCUT2D eigenvalue weighted by Crippen LogP contribution is -2.40. The number of ether oxygens (including phenoxy) is 2. The third-order valence-electron chi connectivity index (χ3n) is 7.52. The minimum absolute atomic E-state index is 0.00893. The fourth-order valence-corrected chi connectivity index (χ4v) is 5.10. The van der Waals surface area contributed by atoms with Gasteiger partial charge in [0.05, 0.1) is 24.3 Å². The topological polar surface area (TPSA) is 175 Å². The number of phenols is 1. The minimum Gasteiger partial charge on any atom is -0.506 e. The number of nitrogens with zero attached hydrogens (tertiary/aromatic N) is 2. The largest absolute Gasteiger partial charge is 0.506 e. The summed E-state index contributed by atoms with van der Waals surface area (Å²) in [6.07, 6.45) is -5.52. The molecular weight excluding hydrogens is 623 g/mol. The van der Waals surface area contributed by atoms with Gasteiger partial charge in [0.1, 0.15) is 23.4 Å². The number of alkyl halides is 3. The van der Waals surface area contributed by atoms with E-state index >= 15 is 0 Å². The Morgan fingerprint density at radius 2 is 1.81 bits per heavy atom. The number of piperidine rings is 1. The fraction of sp³-hybridized carbons (Fsp3) is 0.469. The number of aromatic hydroxyl groups is 1. The number of carbonyl (C=O) groups excluding carboxylic acids is 4. The highest BCUT2D eigenvalue weighted by Gasteiger charge is 2.37. The monoisotopic (exact) mass is 663 g/mol. The Morgan fingerprint density at radius 1 is 1.13 bits per heavy atom. The minimum atomic E-state index is -4.84. The van der Waals surface area contributed by atoms with Gasteiger partial charge in [0.25, 0.3) is 0 Å². The van der Waals surface area contributed by atoms with Gasteiger partial charge in [-0.05, 0) is 49.2 Å². The van der Waals surface area contributed by atoms with E-state index in [-0.39, 0.29) is 66.8 Å². The van der Waals surface area contributed by atoms with E-state index in [4.69, 9.17) is 20.6 Å². The Bertz CT molecular complexity index is 1480. The molecule has 1 aliphatic rings. The van der Waals surface area contributed by atoms with Crippen LogP contribution in [0.25, 0.3) is 0 Å². The number of nitrogens with one attached hydrogen (secondary N) is 2. The number of esters is 1. The van der Waals surface area contributed by atoms with Crippen molar-refractivity contribution in [3.05, 3.63) is 47.5 Å². The van der Waals surface area contributed by atoms with Crippen molar-refractivity contribution < 1.29 is 46.9 Å². The first-order valence-electron chi connectivity index (χ1n) is 15.2. The SMILES string of the molecule is CCOC(=O)CCC(=O)N(CC(C)CC(=O)Nc1cc(C(=N)N)ccc1O)c1ccc(OC2CCN(C(C)=O)CC2)c(C(F)(F)F)c1. The summed E-state index contributed by atoms with van der Waals surface area (Å²) in [6, 6.07) is 7.25. The molecule has 1 saturated heterocycles. The first-order valence-corrected chi connectivity index (χ1v) is 15.2.